The highest BCUT2D eigenvalue weighted by atomic mass is 19.4. The first-order valence-corrected chi connectivity index (χ1v) is 4.54. The highest BCUT2D eigenvalue weighted by molar-refractivity contribution is 5.78. The second kappa shape index (κ2) is 4.63. The Bertz CT molecular complexity index is 199. The normalized spacial score (nSPS) is 23.2. The Balaban J connectivity index is 2.27. The number of nitrogens with one attached hydrogen (secondary N) is 2. The fourth-order valence-electron chi connectivity index (χ4n) is 1.41. The van der Waals surface area contributed by atoms with Crippen LogP contribution in [0.25, 0.3) is 0 Å². The van der Waals surface area contributed by atoms with Crippen molar-refractivity contribution in [3.63, 3.8) is 0 Å². The lowest BCUT2D eigenvalue weighted by Gasteiger charge is -2.22. The molecule has 1 atom stereocenters. The summed E-state index contributed by atoms with van der Waals surface area (Å²) in [5, 5.41) is 4.86. The molecule has 1 rings (SSSR count). The quantitative estimate of drug-likeness (QED) is 0.703. The maximum absolute atomic E-state index is 11.8. The molecule has 1 amide bonds. The minimum absolute atomic E-state index is 0.314. The van der Waals surface area contributed by atoms with Crippen molar-refractivity contribution >= 4 is 5.91 Å². The van der Waals surface area contributed by atoms with Crippen molar-refractivity contribution < 1.29 is 18.0 Å². The monoisotopic (exact) mass is 210 g/mol. The summed E-state index contributed by atoms with van der Waals surface area (Å²) in [6, 6.07) is 0. The number of carbonyl (C=O) groups is 1. The minimum atomic E-state index is -4.32. The molecule has 1 aliphatic heterocycles. The first-order chi connectivity index (χ1) is 6.49. The van der Waals surface area contributed by atoms with Crippen molar-refractivity contribution in [2.45, 2.75) is 19.0 Å². The Morgan fingerprint density at radius 1 is 1.50 bits per heavy atom. The molecule has 0 saturated carbocycles. The maximum Gasteiger partial charge on any atom is 0.405 e. The third kappa shape index (κ3) is 3.95. The van der Waals surface area contributed by atoms with Gasteiger partial charge in [0.15, 0.2) is 0 Å². The molecular formula is C8H13F3N2O. The van der Waals surface area contributed by atoms with Crippen molar-refractivity contribution in [3.05, 3.63) is 0 Å². The van der Waals surface area contributed by atoms with E-state index in [1.54, 1.807) is 0 Å². The van der Waals surface area contributed by atoms with Crippen LogP contribution in [0, 0.1) is 5.92 Å². The molecule has 0 bridgehead atoms. The summed E-state index contributed by atoms with van der Waals surface area (Å²) in [6.07, 6.45) is -2.82. The fourth-order valence-corrected chi connectivity index (χ4v) is 1.41. The average molecular weight is 210 g/mol. The SMILES string of the molecule is O=C(NCC(F)(F)F)C1CCCNC1. The van der Waals surface area contributed by atoms with Crippen molar-refractivity contribution in [1.82, 2.24) is 10.6 Å². The number of hydrogen-bond acceptors (Lipinski definition) is 2. The van der Waals surface area contributed by atoms with Gasteiger partial charge in [-0.3, -0.25) is 4.79 Å². The first-order valence-electron chi connectivity index (χ1n) is 4.54. The summed E-state index contributed by atoms with van der Waals surface area (Å²) in [5.41, 5.74) is 0. The number of halogens is 3. The lowest BCUT2D eigenvalue weighted by atomic mass is 9.99. The summed E-state index contributed by atoms with van der Waals surface area (Å²) in [6.45, 7) is 0.0784. The molecule has 82 valence electrons. The van der Waals surface area contributed by atoms with E-state index in [4.69, 9.17) is 0 Å². The highest BCUT2D eigenvalue weighted by Gasteiger charge is 2.29. The third-order valence-corrected chi connectivity index (χ3v) is 2.13. The van der Waals surface area contributed by atoms with Crippen LogP contribution >= 0.6 is 0 Å². The van der Waals surface area contributed by atoms with Gasteiger partial charge in [0.05, 0.1) is 5.92 Å². The molecule has 2 N–H and O–H groups in total. The molecule has 14 heavy (non-hydrogen) atoms. The molecule has 1 heterocycles. The van der Waals surface area contributed by atoms with E-state index in [-0.39, 0.29) is 5.92 Å². The van der Waals surface area contributed by atoms with Crippen molar-refractivity contribution in [3.8, 4) is 0 Å². The predicted molar refractivity (Wildman–Crippen MR) is 44.7 cm³/mol. The van der Waals surface area contributed by atoms with E-state index in [1.165, 1.54) is 0 Å². The van der Waals surface area contributed by atoms with Crippen LogP contribution in [-0.2, 0) is 4.79 Å². The Labute approximate surface area is 80.0 Å². The van der Waals surface area contributed by atoms with E-state index >= 15 is 0 Å². The van der Waals surface area contributed by atoms with Crippen LogP contribution in [0.3, 0.4) is 0 Å². The number of hydrogen-bond donors (Lipinski definition) is 2. The van der Waals surface area contributed by atoms with Crippen LogP contribution in [0.1, 0.15) is 12.8 Å². The summed E-state index contributed by atoms with van der Waals surface area (Å²) in [4.78, 5) is 11.2. The van der Waals surface area contributed by atoms with E-state index in [2.05, 4.69) is 5.32 Å². The highest BCUT2D eigenvalue weighted by Crippen LogP contribution is 2.14. The van der Waals surface area contributed by atoms with Gasteiger partial charge in [-0.05, 0) is 19.4 Å². The van der Waals surface area contributed by atoms with Gasteiger partial charge in [0.2, 0.25) is 5.91 Å². The largest absolute Gasteiger partial charge is 0.405 e. The molecule has 0 aromatic carbocycles. The van der Waals surface area contributed by atoms with Gasteiger partial charge in [-0.2, -0.15) is 13.2 Å². The molecule has 0 spiro atoms. The average Bonchev–Trinajstić information content (AvgIpc) is 2.14. The topological polar surface area (TPSA) is 41.1 Å². The van der Waals surface area contributed by atoms with Crippen molar-refractivity contribution in [2.75, 3.05) is 19.6 Å². The van der Waals surface area contributed by atoms with E-state index in [9.17, 15) is 18.0 Å². The molecule has 1 unspecified atom stereocenters. The molecule has 1 saturated heterocycles. The van der Waals surface area contributed by atoms with Gasteiger partial charge >= 0.3 is 6.18 Å². The molecule has 0 aromatic rings. The van der Waals surface area contributed by atoms with Crippen LogP contribution in [0.5, 0.6) is 0 Å². The number of piperidine rings is 1. The van der Waals surface area contributed by atoms with E-state index < -0.39 is 18.6 Å². The molecule has 1 aliphatic rings. The Hall–Kier alpha value is -0.780. The lowest BCUT2D eigenvalue weighted by Crippen LogP contribution is -2.43. The van der Waals surface area contributed by atoms with Crippen LogP contribution < -0.4 is 10.6 Å². The summed E-state index contributed by atoms with van der Waals surface area (Å²) in [7, 11) is 0. The van der Waals surface area contributed by atoms with E-state index in [0.717, 1.165) is 13.0 Å². The zero-order valence-electron chi connectivity index (χ0n) is 7.66. The van der Waals surface area contributed by atoms with Gasteiger partial charge in [0.25, 0.3) is 0 Å². The van der Waals surface area contributed by atoms with Crippen molar-refractivity contribution in [2.24, 2.45) is 5.92 Å². The number of alkyl halides is 3. The smallest absolute Gasteiger partial charge is 0.347 e. The second-order valence-corrected chi connectivity index (χ2v) is 3.38. The van der Waals surface area contributed by atoms with Gasteiger partial charge in [-0.15, -0.1) is 0 Å². The van der Waals surface area contributed by atoms with Crippen LogP contribution in [-0.4, -0.2) is 31.7 Å². The van der Waals surface area contributed by atoms with Gasteiger partial charge in [-0.25, -0.2) is 0 Å². The Morgan fingerprint density at radius 3 is 2.71 bits per heavy atom. The second-order valence-electron chi connectivity index (χ2n) is 3.38. The van der Waals surface area contributed by atoms with Crippen LogP contribution in [0.15, 0.2) is 0 Å². The van der Waals surface area contributed by atoms with Gasteiger partial charge in [0.1, 0.15) is 6.54 Å². The number of amides is 1. The predicted octanol–water partition coefficient (Wildman–Crippen LogP) is 0.664. The molecule has 0 aromatic heterocycles. The summed E-state index contributed by atoms with van der Waals surface area (Å²) in [5.74, 6) is -0.819. The number of rotatable bonds is 2. The lowest BCUT2D eigenvalue weighted by molar-refractivity contribution is -0.141. The van der Waals surface area contributed by atoms with E-state index in [0.29, 0.717) is 13.0 Å². The van der Waals surface area contributed by atoms with Crippen LogP contribution in [0.2, 0.25) is 0 Å². The molecule has 3 nitrogen and oxygen atoms in total. The molecule has 0 radical (unpaired) electrons. The van der Waals surface area contributed by atoms with Crippen LogP contribution in [0.4, 0.5) is 13.2 Å². The maximum atomic E-state index is 11.8. The van der Waals surface area contributed by atoms with Gasteiger partial charge in [0, 0.05) is 6.54 Å². The first kappa shape index (κ1) is 11.3. The summed E-state index contributed by atoms with van der Waals surface area (Å²) < 4.78 is 35.3. The zero-order valence-corrected chi connectivity index (χ0v) is 7.66. The molecule has 0 aliphatic carbocycles. The Morgan fingerprint density at radius 2 is 2.21 bits per heavy atom. The van der Waals surface area contributed by atoms with E-state index in [1.807, 2.05) is 5.32 Å². The Kier molecular flexibility index (Phi) is 3.74. The minimum Gasteiger partial charge on any atom is -0.347 e. The summed E-state index contributed by atoms with van der Waals surface area (Å²) >= 11 is 0. The molecule has 6 heteroatoms. The third-order valence-electron chi connectivity index (χ3n) is 2.13. The van der Waals surface area contributed by atoms with Gasteiger partial charge in [-0.1, -0.05) is 0 Å². The van der Waals surface area contributed by atoms with Gasteiger partial charge < -0.3 is 10.6 Å². The zero-order chi connectivity index (χ0) is 10.6. The number of carbonyl (C=O) groups excluding carboxylic acids is 1. The molecule has 1 fully saturated rings. The molecular weight excluding hydrogens is 197 g/mol. The van der Waals surface area contributed by atoms with Crippen molar-refractivity contribution in [1.29, 1.82) is 0 Å². The fraction of sp³-hybridized carbons (Fsp3) is 0.875. The standard InChI is InChI=1S/C8H13F3N2O/c9-8(10,11)5-13-7(14)6-2-1-3-12-4-6/h6,12H,1-5H2,(H,13,14).